The first-order valence-corrected chi connectivity index (χ1v) is 9.07. The molecule has 132 valence electrons. The summed E-state index contributed by atoms with van der Waals surface area (Å²) in [6, 6.07) is 17.7. The molecule has 2 aromatic carbocycles. The molecule has 0 saturated carbocycles. The Hall–Kier alpha value is -2.88. The molecular formula is C22H22N2O2. The Morgan fingerprint density at radius 2 is 1.50 bits per heavy atom. The SMILES string of the molecule is CC(C)N1C(=O)C(c2ccccc2)=C(N2CCc3ccccc3C2)C1=O. The van der Waals surface area contributed by atoms with Gasteiger partial charge in [-0.05, 0) is 37.0 Å². The monoisotopic (exact) mass is 346 g/mol. The van der Waals surface area contributed by atoms with Crippen LogP contribution in [-0.2, 0) is 22.6 Å². The Morgan fingerprint density at radius 3 is 2.19 bits per heavy atom. The number of rotatable bonds is 3. The van der Waals surface area contributed by atoms with Gasteiger partial charge in [-0.15, -0.1) is 0 Å². The molecule has 2 heterocycles. The van der Waals surface area contributed by atoms with Crippen LogP contribution in [0, 0.1) is 0 Å². The van der Waals surface area contributed by atoms with Crippen molar-refractivity contribution in [2.24, 2.45) is 0 Å². The Balaban J connectivity index is 1.81. The molecule has 0 radical (unpaired) electrons. The van der Waals surface area contributed by atoms with Gasteiger partial charge < -0.3 is 4.90 Å². The van der Waals surface area contributed by atoms with Gasteiger partial charge in [0.2, 0.25) is 0 Å². The van der Waals surface area contributed by atoms with Crippen LogP contribution in [0.5, 0.6) is 0 Å². The fraction of sp³-hybridized carbons (Fsp3) is 0.273. The highest BCUT2D eigenvalue weighted by atomic mass is 16.2. The molecule has 2 aliphatic rings. The highest BCUT2D eigenvalue weighted by Crippen LogP contribution is 2.35. The van der Waals surface area contributed by atoms with Gasteiger partial charge in [0.05, 0.1) is 5.57 Å². The van der Waals surface area contributed by atoms with E-state index in [-0.39, 0.29) is 17.9 Å². The molecule has 0 N–H and O–H groups in total. The van der Waals surface area contributed by atoms with E-state index in [1.54, 1.807) is 0 Å². The molecule has 0 saturated heterocycles. The Kier molecular flexibility index (Phi) is 4.11. The van der Waals surface area contributed by atoms with Crippen LogP contribution in [0.3, 0.4) is 0 Å². The Morgan fingerprint density at radius 1 is 0.846 bits per heavy atom. The minimum atomic E-state index is -0.190. The van der Waals surface area contributed by atoms with Crippen LogP contribution >= 0.6 is 0 Å². The number of imide groups is 1. The number of carbonyl (C=O) groups is 2. The summed E-state index contributed by atoms with van der Waals surface area (Å²) in [6.07, 6.45) is 0.880. The quantitative estimate of drug-likeness (QED) is 0.801. The summed E-state index contributed by atoms with van der Waals surface area (Å²) in [5, 5.41) is 0. The maximum absolute atomic E-state index is 13.2. The number of hydrogen-bond acceptors (Lipinski definition) is 3. The summed E-state index contributed by atoms with van der Waals surface area (Å²) in [7, 11) is 0. The second kappa shape index (κ2) is 6.45. The fourth-order valence-electron chi connectivity index (χ4n) is 3.85. The van der Waals surface area contributed by atoms with E-state index in [0.29, 0.717) is 17.8 Å². The molecular weight excluding hydrogens is 324 g/mol. The second-order valence-corrected chi connectivity index (χ2v) is 7.10. The van der Waals surface area contributed by atoms with E-state index in [9.17, 15) is 9.59 Å². The van der Waals surface area contributed by atoms with Gasteiger partial charge in [0.25, 0.3) is 11.8 Å². The van der Waals surface area contributed by atoms with E-state index in [4.69, 9.17) is 0 Å². The smallest absolute Gasteiger partial charge is 0.278 e. The van der Waals surface area contributed by atoms with Crippen LogP contribution in [-0.4, -0.2) is 34.2 Å². The number of benzene rings is 2. The number of nitrogens with zero attached hydrogens (tertiary/aromatic N) is 2. The predicted octanol–water partition coefficient (Wildman–Crippen LogP) is 3.23. The number of amides is 2. The number of carbonyl (C=O) groups excluding carboxylic acids is 2. The van der Waals surface area contributed by atoms with Crippen molar-refractivity contribution < 1.29 is 9.59 Å². The third-order valence-corrected chi connectivity index (χ3v) is 5.12. The molecule has 0 bridgehead atoms. The molecule has 2 aromatic rings. The van der Waals surface area contributed by atoms with Crippen LogP contribution in [0.15, 0.2) is 60.3 Å². The van der Waals surface area contributed by atoms with E-state index < -0.39 is 0 Å². The normalized spacial score (nSPS) is 17.3. The van der Waals surface area contributed by atoms with Crippen LogP contribution < -0.4 is 0 Å². The lowest BCUT2D eigenvalue weighted by molar-refractivity contribution is -0.139. The molecule has 0 aliphatic carbocycles. The van der Waals surface area contributed by atoms with Crippen LogP contribution in [0.4, 0.5) is 0 Å². The zero-order valence-electron chi connectivity index (χ0n) is 15.1. The van der Waals surface area contributed by atoms with Gasteiger partial charge in [-0.3, -0.25) is 14.5 Å². The number of hydrogen-bond donors (Lipinski definition) is 0. The first-order chi connectivity index (χ1) is 12.6. The third kappa shape index (κ3) is 2.62. The Bertz CT molecular complexity index is 899. The maximum atomic E-state index is 13.2. The average molecular weight is 346 g/mol. The van der Waals surface area contributed by atoms with Crippen molar-refractivity contribution in [1.82, 2.24) is 9.80 Å². The standard InChI is InChI=1S/C22H22N2O2/c1-15(2)24-21(25)19(17-9-4-3-5-10-17)20(22(24)26)23-13-12-16-8-6-7-11-18(16)14-23/h3-11,15H,12-14H2,1-2H3. The van der Waals surface area contributed by atoms with Gasteiger partial charge in [-0.2, -0.15) is 0 Å². The van der Waals surface area contributed by atoms with E-state index >= 15 is 0 Å². The van der Waals surface area contributed by atoms with Gasteiger partial charge in [0.15, 0.2) is 0 Å². The first kappa shape index (κ1) is 16.6. The maximum Gasteiger partial charge on any atom is 0.278 e. The highest BCUT2D eigenvalue weighted by Gasteiger charge is 2.43. The summed E-state index contributed by atoms with van der Waals surface area (Å²) in [5.74, 6) is -0.367. The minimum absolute atomic E-state index is 0.164. The molecule has 26 heavy (non-hydrogen) atoms. The van der Waals surface area contributed by atoms with Gasteiger partial charge in [-0.1, -0.05) is 54.6 Å². The first-order valence-electron chi connectivity index (χ1n) is 9.07. The predicted molar refractivity (Wildman–Crippen MR) is 101 cm³/mol. The molecule has 0 atom stereocenters. The summed E-state index contributed by atoms with van der Waals surface area (Å²) < 4.78 is 0. The van der Waals surface area contributed by atoms with E-state index in [1.807, 2.05) is 56.3 Å². The molecule has 0 spiro atoms. The topological polar surface area (TPSA) is 40.6 Å². The molecule has 2 amide bonds. The average Bonchev–Trinajstić information content (AvgIpc) is 2.92. The summed E-state index contributed by atoms with van der Waals surface area (Å²) in [4.78, 5) is 29.7. The zero-order chi connectivity index (χ0) is 18.3. The molecule has 0 fully saturated rings. The third-order valence-electron chi connectivity index (χ3n) is 5.12. The van der Waals surface area contributed by atoms with Gasteiger partial charge >= 0.3 is 0 Å². The minimum Gasteiger partial charge on any atom is -0.362 e. The van der Waals surface area contributed by atoms with Crippen LogP contribution in [0.2, 0.25) is 0 Å². The molecule has 0 aromatic heterocycles. The second-order valence-electron chi connectivity index (χ2n) is 7.10. The Labute approximate surface area is 153 Å². The van der Waals surface area contributed by atoms with Crippen molar-refractivity contribution in [2.45, 2.75) is 32.9 Å². The van der Waals surface area contributed by atoms with Crippen molar-refractivity contribution in [3.8, 4) is 0 Å². The summed E-state index contributed by atoms with van der Waals surface area (Å²) >= 11 is 0. The molecule has 4 nitrogen and oxygen atoms in total. The largest absolute Gasteiger partial charge is 0.362 e. The molecule has 4 heteroatoms. The van der Waals surface area contributed by atoms with E-state index in [1.165, 1.54) is 16.0 Å². The molecule has 4 rings (SSSR count). The van der Waals surface area contributed by atoms with Crippen molar-refractivity contribution in [3.05, 3.63) is 77.0 Å². The lowest BCUT2D eigenvalue weighted by Gasteiger charge is -2.31. The van der Waals surface area contributed by atoms with Crippen molar-refractivity contribution in [1.29, 1.82) is 0 Å². The molecule has 2 aliphatic heterocycles. The van der Waals surface area contributed by atoms with Crippen LogP contribution in [0.25, 0.3) is 5.57 Å². The van der Waals surface area contributed by atoms with Gasteiger partial charge in [0, 0.05) is 19.1 Å². The van der Waals surface area contributed by atoms with Crippen molar-refractivity contribution in [2.75, 3.05) is 6.54 Å². The fourth-order valence-corrected chi connectivity index (χ4v) is 3.85. The van der Waals surface area contributed by atoms with Crippen LogP contribution in [0.1, 0.15) is 30.5 Å². The van der Waals surface area contributed by atoms with E-state index in [2.05, 4.69) is 17.0 Å². The summed E-state index contributed by atoms with van der Waals surface area (Å²) in [6.45, 7) is 5.17. The van der Waals surface area contributed by atoms with Crippen molar-refractivity contribution in [3.63, 3.8) is 0 Å². The highest BCUT2D eigenvalue weighted by molar-refractivity contribution is 6.35. The zero-order valence-corrected chi connectivity index (χ0v) is 15.1. The number of fused-ring (bicyclic) bond motifs is 1. The van der Waals surface area contributed by atoms with Gasteiger partial charge in [-0.25, -0.2) is 0 Å². The van der Waals surface area contributed by atoms with Crippen molar-refractivity contribution >= 4 is 17.4 Å². The molecule has 0 unspecified atom stereocenters. The lowest BCUT2D eigenvalue weighted by atomic mass is 9.98. The van der Waals surface area contributed by atoms with E-state index in [0.717, 1.165) is 18.5 Å². The summed E-state index contributed by atoms with van der Waals surface area (Å²) in [5.41, 5.74) is 4.43. The van der Waals surface area contributed by atoms with Gasteiger partial charge in [0.1, 0.15) is 5.70 Å². The lowest BCUT2D eigenvalue weighted by Crippen LogP contribution is -2.40.